The summed E-state index contributed by atoms with van der Waals surface area (Å²) in [6.07, 6.45) is 1.74. The SMILES string of the molecule is COc1nc2[nH]ncc2c2c(OC)cccc12. The number of hydrogen-bond donors (Lipinski definition) is 1. The molecule has 0 aliphatic carbocycles. The number of nitrogens with zero attached hydrogens (tertiary/aromatic N) is 2. The van der Waals surface area contributed by atoms with Gasteiger partial charge in [0.25, 0.3) is 0 Å². The van der Waals surface area contributed by atoms with Gasteiger partial charge in [-0.2, -0.15) is 10.1 Å². The minimum Gasteiger partial charge on any atom is -0.496 e. The van der Waals surface area contributed by atoms with E-state index in [2.05, 4.69) is 15.2 Å². The molecular formula is C12H11N3O2. The van der Waals surface area contributed by atoms with Gasteiger partial charge in [-0.1, -0.05) is 6.07 Å². The molecule has 3 rings (SSSR count). The van der Waals surface area contributed by atoms with Crippen molar-refractivity contribution in [3.8, 4) is 11.6 Å². The molecule has 5 nitrogen and oxygen atoms in total. The molecule has 17 heavy (non-hydrogen) atoms. The second-order valence-electron chi connectivity index (χ2n) is 3.64. The first-order valence-electron chi connectivity index (χ1n) is 5.19. The Kier molecular flexibility index (Phi) is 2.11. The van der Waals surface area contributed by atoms with Gasteiger partial charge in [-0.05, 0) is 12.1 Å². The van der Waals surface area contributed by atoms with Gasteiger partial charge < -0.3 is 9.47 Å². The minimum atomic E-state index is 0.565. The van der Waals surface area contributed by atoms with Gasteiger partial charge in [0.15, 0.2) is 5.65 Å². The van der Waals surface area contributed by atoms with Crippen molar-refractivity contribution in [2.45, 2.75) is 0 Å². The van der Waals surface area contributed by atoms with Crippen LogP contribution in [0.25, 0.3) is 21.8 Å². The first kappa shape index (κ1) is 9.89. The monoisotopic (exact) mass is 229 g/mol. The summed E-state index contributed by atoms with van der Waals surface area (Å²) in [5, 5.41) is 9.65. The predicted molar refractivity (Wildman–Crippen MR) is 64.5 cm³/mol. The molecule has 0 bridgehead atoms. The third-order valence-electron chi connectivity index (χ3n) is 2.77. The third-order valence-corrected chi connectivity index (χ3v) is 2.77. The summed E-state index contributed by atoms with van der Waals surface area (Å²) in [7, 11) is 3.25. The second-order valence-corrected chi connectivity index (χ2v) is 3.64. The Labute approximate surface area is 97.4 Å². The molecule has 0 saturated carbocycles. The van der Waals surface area contributed by atoms with E-state index >= 15 is 0 Å². The van der Waals surface area contributed by atoms with Crippen LogP contribution in [0.2, 0.25) is 0 Å². The molecule has 0 saturated heterocycles. The highest BCUT2D eigenvalue weighted by atomic mass is 16.5. The number of methoxy groups -OCH3 is 2. The van der Waals surface area contributed by atoms with Gasteiger partial charge >= 0.3 is 0 Å². The van der Waals surface area contributed by atoms with Gasteiger partial charge in [-0.15, -0.1) is 0 Å². The van der Waals surface area contributed by atoms with Crippen molar-refractivity contribution < 1.29 is 9.47 Å². The zero-order chi connectivity index (χ0) is 11.8. The Morgan fingerprint density at radius 3 is 2.76 bits per heavy atom. The number of rotatable bonds is 2. The van der Waals surface area contributed by atoms with Gasteiger partial charge in [0.2, 0.25) is 5.88 Å². The van der Waals surface area contributed by atoms with Crippen LogP contribution in [0.4, 0.5) is 0 Å². The molecule has 86 valence electrons. The number of nitrogens with one attached hydrogen (secondary N) is 1. The fraction of sp³-hybridized carbons (Fsp3) is 0.167. The number of fused-ring (bicyclic) bond motifs is 3. The first-order valence-corrected chi connectivity index (χ1v) is 5.19. The molecule has 1 N–H and O–H groups in total. The van der Waals surface area contributed by atoms with Crippen LogP contribution in [0.1, 0.15) is 0 Å². The normalized spacial score (nSPS) is 10.9. The van der Waals surface area contributed by atoms with Crippen LogP contribution < -0.4 is 9.47 Å². The van der Waals surface area contributed by atoms with Crippen molar-refractivity contribution in [2.24, 2.45) is 0 Å². The average molecular weight is 229 g/mol. The molecule has 0 aliphatic heterocycles. The maximum Gasteiger partial charge on any atom is 0.223 e. The highest BCUT2D eigenvalue weighted by Gasteiger charge is 2.13. The van der Waals surface area contributed by atoms with Gasteiger partial charge in [0.1, 0.15) is 5.75 Å². The van der Waals surface area contributed by atoms with Crippen LogP contribution in [0.3, 0.4) is 0 Å². The van der Waals surface area contributed by atoms with E-state index in [1.807, 2.05) is 18.2 Å². The summed E-state index contributed by atoms with van der Waals surface area (Å²) in [4.78, 5) is 4.36. The Morgan fingerprint density at radius 2 is 2.00 bits per heavy atom. The molecule has 0 atom stereocenters. The third kappa shape index (κ3) is 1.32. The zero-order valence-corrected chi connectivity index (χ0v) is 9.52. The van der Waals surface area contributed by atoms with Crippen molar-refractivity contribution in [3.05, 3.63) is 24.4 Å². The Bertz CT molecular complexity index is 689. The van der Waals surface area contributed by atoms with Crippen LogP contribution in [-0.4, -0.2) is 29.4 Å². The van der Waals surface area contributed by atoms with Crippen LogP contribution in [-0.2, 0) is 0 Å². The van der Waals surface area contributed by atoms with Gasteiger partial charge in [-0.25, -0.2) is 0 Å². The molecular weight excluding hydrogens is 218 g/mol. The summed E-state index contributed by atoms with van der Waals surface area (Å²) in [5.74, 6) is 1.35. The Morgan fingerprint density at radius 1 is 1.12 bits per heavy atom. The fourth-order valence-electron chi connectivity index (χ4n) is 2.02. The highest BCUT2D eigenvalue weighted by molar-refractivity contribution is 6.09. The number of ether oxygens (including phenoxy) is 2. The standard InChI is InChI=1S/C12H11N3O2/c1-16-9-5-3-4-7-10(9)8-6-13-15-11(8)14-12(7)17-2/h3-6H,1-2H3,(H,13,14,15). The van der Waals surface area contributed by atoms with Crippen LogP contribution in [0.5, 0.6) is 11.6 Å². The van der Waals surface area contributed by atoms with Crippen LogP contribution >= 0.6 is 0 Å². The molecule has 0 fully saturated rings. The number of aromatic amines is 1. The van der Waals surface area contributed by atoms with Crippen LogP contribution in [0, 0.1) is 0 Å². The maximum absolute atomic E-state index is 5.38. The van der Waals surface area contributed by atoms with Crippen molar-refractivity contribution in [3.63, 3.8) is 0 Å². The lowest BCUT2D eigenvalue weighted by molar-refractivity contribution is 0.403. The predicted octanol–water partition coefficient (Wildman–Crippen LogP) is 2.13. The van der Waals surface area contributed by atoms with Crippen molar-refractivity contribution in [1.82, 2.24) is 15.2 Å². The molecule has 0 spiro atoms. The van der Waals surface area contributed by atoms with Crippen molar-refractivity contribution in [1.29, 1.82) is 0 Å². The molecule has 0 aliphatic rings. The highest BCUT2D eigenvalue weighted by Crippen LogP contribution is 2.35. The van der Waals surface area contributed by atoms with Gasteiger partial charge in [-0.3, -0.25) is 5.10 Å². The van der Waals surface area contributed by atoms with Gasteiger partial charge in [0.05, 0.1) is 25.8 Å². The van der Waals surface area contributed by atoms with E-state index in [0.717, 1.165) is 21.9 Å². The molecule has 5 heteroatoms. The minimum absolute atomic E-state index is 0.565. The van der Waals surface area contributed by atoms with Gasteiger partial charge in [0, 0.05) is 10.8 Å². The van der Waals surface area contributed by atoms with Crippen molar-refractivity contribution >= 4 is 21.8 Å². The summed E-state index contributed by atoms with van der Waals surface area (Å²) < 4.78 is 10.7. The molecule has 1 aromatic carbocycles. The topological polar surface area (TPSA) is 60.0 Å². The average Bonchev–Trinajstić information content (AvgIpc) is 2.84. The number of hydrogen-bond acceptors (Lipinski definition) is 4. The summed E-state index contributed by atoms with van der Waals surface area (Å²) in [6.45, 7) is 0. The number of H-pyrrole nitrogens is 1. The fourth-order valence-corrected chi connectivity index (χ4v) is 2.02. The maximum atomic E-state index is 5.38. The largest absolute Gasteiger partial charge is 0.496 e. The van der Waals surface area contributed by atoms with E-state index in [1.165, 1.54) is 0 Å². The Hall–Kier alpha value is -2.30. The van der Waals surface area contributed by atoms with Crippen molar-refractivity contribution in [2.75, 3.05) is 14.2 Å². The first-order chi connectivity index (χ1) is 8.35. The molecule has 2 heterocycles. The van der Waals surface area contributed by atoms with E-state index in [4.69, 9.17) is 9.47 Å². The quantitative estimate of drug-likeness (QED) is 0.731. The molecule has 2 aromatic heterocycles. The lowest BCUT2D eigenvalue weighted by atomic mass is 10.1. The van der Waals surface area contributed by atoms with E-state index in [0.29, 0.717) is 11.5 Å². The van der Waals surface area contributed by atoms with Crippen LogP contribution in [0.15, 0.2) is 24.4 Å². The number of benzene rings is 1. The van der Waals surface area contributed by atoms with E-state index in [-0.39, 0.29) is 0 Å². The van der Waals surface area contributed by atoms with E-state index < -0.39 is 0 Å². The van der Waals surface area contributed by atoms with E-state index in [1.54, 1.807) is 20.4 Å². The molecule has 3 aromatic rings. The molecule has 0 radical (unpaired) electrons. The summed E-state index contributed by atoms with van der Waals surface area (Å²) >= 11 is 0. The zero-order valence-electron chi connectivity index (χ0n) is 9.52. The molecule has 0 unspecified atom stereocenters. The number of pyridine rings is 1. The Balaban J connectivity index is 2.57. The number of aromatic nitrogens is 3. The lowest BCUT2D eigenvalue weighted by Crippen LogP contribution is -1.92. The lowest BCUT2D eigenvalue weighted by Gasteiger charge is -2.08. The summed E-state index contributed by atoms with van der Waals surface area (Å²) in [6, 6.07) is 5.78. The van der Waals surface area contributed by atoms with E-state index in [9.17, 15) is 0 Å². The second kappa shape index (κ2) is 3.62. The smallest absolute Gasteiger partial charge is 0.223 e. The molecule has 0 amide bonds. The summed E-state index contributed by atoms with van der Waals surface area (Å²) in [5.41, 5.74) is 0.693.